The summed E-state index contributed by atoms with van der Waals surface area (Å²) in [5.74, 6) is 1.44. The summed E-state index contributed by atoms with van der Waals surface area (Å²) in [6.45, 7) is 15.9. The molecular formula is C25H38N4O2. The van der Waals surface area contributed by atoms with Crippen molar-refractivity contribution < 1.29 is 9.47 Å². The van der Waals surface area contributed by atoms with Gasteiger partial charge in [0, 0.05) is 54.7 Å². The highest BCUT2D eigenvalue weighted by molar-refractivity contribution is 5.22. The van der Waals surface area contributed by atoms with Crippen LogP contribution in [-0.4, -0.2) is 52.3 Å². The van der Waals surface area contributed by atoms with Crippen LogP contribution in [0.4, 0.5) is 0 Å². The van der Waals surface area contributed by atoms with Crippen molar-refractivity contribution in [1.82, 2.24) is 19.9 Å². The molecule has 31 heavy (non-hydrogen) atoms. The predicted molar refractivity (Wildman–Crippen MR) is 123 cm³/mol. The van der Waals surface area contributed by atoms with Crippen molar-refractivity contribution in [2.24, 2.45) is 5.41 Å². The van der Waals surface area contributed by atoms with Gasteiger partial charge in [-0.05, 0) is 72.6 Å². The molecule has 1 fully saturated rings. The first-order chi connectivity index (χ1) is 14.6. The molecule has 170 valence electrons. The molecule has 0 bridgehead atoms. The monoisotopic (exact) mass is 426 g/mol. The third-order valence-electron chi connectivity index (χ3n) is 7.26. The molecular weight excluding hydrogens is 388 g/mol. The fourth-order valence-corrected chi connectivity index (χ4v) is 4.84. The van der Waals surface area contributed by atoms with Crippen LogP contribution in [0.25, 0.3) is 0 Å². The molecule has 0 aromatic carbocycles. The zero-order chi connectivity index (χ0) is 22.7. The van der Waals surface area contributed by atoms with Crippen molar-refractivity contribution in [3.63, 3.8) is 0 Å². The highest BCUT2D eigenvalue weighted by Crippen LogP contribution is 2.49. The van der Waals surface area contributed by atoms with Crippen LogP contribution < -0.4 is 4.74 Å². The highest BCUT2D eigenvalue weighted by atomic mass is 16.5. The quantitative estimate of drug-likeness (QED) is 0.586. The normalized spacial score (nSPS) is 20.2. The number of nitrogens with zero attached hydrogens (tertiary/aromatic N) is 4. The Labute approximate surface area is 187 Å². The molecule has 0 spiro atoms. The van der Waals surface area contributed by atoms with Crippen molar-refractivity contribution in [3.8, 4) is 5.88 Å². The van der Waals surface area contributed by atoms with Gasteiger partial charge in [-0.1, -0.05) is 6.07 Å². The fourth-order valence-electron chi connectivity index (χ4n) is 4.84. The minimum atomic E-state index is -0.253. The van der Waals surface area contributed by atoms with E-state index >= 15 is 0 Å². The van der Waals surface area contributed by atoms with Crippen LogP contribution in [0.5, 0.6) is 5.88 Å². The van der Waals surface area contributed by atoms with Crippen LogP contribution in [0.3, 0.4) is 0 Å². The summed E-state index contributed by atoms with van der Waals surface area (Å²) in [7, 11) is 1.64. The number of methoxy groups -OCH3 is 1. The minimum Gasteiger partial charge on any atom is -0.481 e. The van der Waals surface area contributed by atoms with Gasteiger partial charge in [-0.25, -0.2) is 4.98 Å². The lowest BCUT2D eigenvalue weighted by Crippen LogP contribution is -2.50. The molecule has 2 aromatic rings. The standard InChI is InChI=1S/C25H38N4O2/c1-8-31-24(5,6)25(13-11-21-26-15-12-22(28-21)30-7)14-16-29(18-25)23(3,4)20-10-9-19(2)27-17-20/h9-10,12,15,17H,8,11,13-14,16,18H2,1-7H3/t25-/m1/s1. The Balaban J connectivity index is 1.85. The van der Waals surface area contributed by atoms with E-state index in [1.807, 2.05) is 13.1 Å². The third kappa shape index (κ3) is 4.90. The molecule has 0 amide bonds. The zero-order valence-corrected chi connectivity index (χ0v) is 20.2. The first kappa shape index (κ1) is 23.6. The van der Waals surface area contributed by atoms with Crippen LogP contribution in [0.2, 0.25) is 0 Å². The van der Waals surface area contributed by atoms with Gasteiger partial charge in [0.1, 0.15) is 5.82 Å². The maximum atomic E-state index is 6.33. The van der Waals surface area contributed by atoms with Gasteiger partial charge in [0.2, 0.25) is 5.88 Å². The van der Waals surface area contributed by atoms with Crippen molar-refractivity contribution in [2.75, 3.05) is 26.8 Å². The van der Waals surface area contributed by atoms with E-state index in [-0.39, 0.29) is 16.6 Å². The Kier molecular flexibility index (Phi) is 7.01. The summed E-state index contributed by atoms with van der Waals surface area (Å²) in [6, 6.07) is 6.10. The largest absolute Gasteiger partial charge is 0.481 e. The van der Waals surface area contributed by atoms with E-state index in [4.69, 9.17) is 9.47 Å². The second-order valence-corrected chi connectivity index (χ2v) is 9.66. The van der Waals surface area contributed by atoms with E-state index in [9.17, 15) is 0 Å². The van der Waals surface area contributed by atoms with E-state index < -0.39 is 0 Å². The molecule has 0 radical (unpaired) electrons. The second-order valence-electron chi connectivity index (χ2n) is 9.66. The lowest BCUT2D eigenvalue weighted by atomic mass is 9.69. The van der Waals surface area contributed by atoms with E-state index in [0.717, 1.165) is 43.9 Å². The predicted octanol–water partition coefficient (Wildman–Crippen LogP) is 4.56. The maximum Gasteiger partial charge on any atom is 0.216 e. The van der Waals surface area contributed by atoms with E-state index in [0.29, 0.717) is 12.5 Å². The number of likely N-dealkylation sites (tertiary alicyclic amines) is 1. The lowest BCUT2D eigenvalue weighted by Gasteiger charge is -2.45. The number of aryl methyl sites for hydroxylation is 2. The third-order valence-corrected chi connectivity index (χ3v) is 7.26. The minimum absolute atomic E-state index is 0.00480. The summed E-state index contributed by atoms with van der Waals surface area (Å²) in [5, 5.41) is 0. The molecule has 0 aliphatic carbocycles. The summed E-state index contributed by atoms with van der Waals surface area (Å²) >= 11 is 0. The molecule has 0 saturated carbocycles. The maximum absolute atomic E-state index is 6.33. The second kappa shape index (κ2) is 9.21. The number of rotatable bonds is 9. The van der Waals surface area contributed by atoms with E-state index in [2.05, 4.69) is 66.6 Å². The summed E-state index contributed by atoms with van der Waals surface area (Å²) in [6.07, 6.45) is 6.63. The molecule has 1 saturated heterocycles. The first-order valence-electron chi connectivity index (χ1n) is 11.3. The van der Waals surface area contributed by atoms with Crippen LogP contribution >= 0.6 is 0 Å². The van der Waals surface area contributed by atoms with E-state index in [1.165, 1.54) is 5.56 Å². The van der Waals surface area contributed by atoms with Gasteiger partial charge in [0.15, 0.2) is 0 Å². The molecule has 2 aromatic heterocycles. The molecule has 6 heteroatoms. The average molecular weight is 427 g/mol. The number of pyridine rings is 1. The van der Waals surface area contributed by atoms with Crippen LogP contribution in [0.15, 0.2) is 30.6 Å². The number of ether oxygens (including phenoxy) is 2. The number of hydrogen-bond acceptors (Lipinski definition) is 6. The van der Waals surface area contributed by atoms with Gasteiger partial charge in [-0.3, -0.25) is 9.88 Å². The van der Waals surface area contributed by atoms with Crippen molar-refractivity contribution in [3.05, 3.63) is 47.7 Å². The molecule has 1 atom stereocenters. The van der Waals surface area contributed by atoms with Gasteiger partial charge in [-0.15, -0.1) is 0 Å². The van der Waals surface area contributed by atoms with Gasteiger partial charge in [0.25, 0.3) is 0 Å². The zero-order valence-electron chi connectivity index (χ0n) is 20.2. The lowest BCUT2D eigenvalue weighted by molar-refractivity contribution is -0.109. The molecule has 0 N–H and O–H groups in total. The molecule has 3 rings (SSSR count). The Morgan fingerprint density at radius 1 is 1.13 bits per heavy atom. The van der Waals surface area contributed by atoms with Crippen molar-refractivity contribution >= 4 is 0 Å². The van der Waals surface area contributed by atoms with Crippen molar-refractivity contribution in [1.29, 1.82) is 0 Å². The fraction of sp³-hybridized carbons (Fsp3) is 0.640. The van der Waals surface area contributed by atoms with Gasteiger partial charge >= 0.3 is 0 Å². The molecule has 6 nitrogen and oxygen atoms in total. The number of aromatic nitrogens is 3. The Bertz CT molecular complexity index is 866. The molecule has 1 aliphatic heterocycles. The van der Waals surface area contributed by atoms with Crippen LogP contribution in [-0.2, 0) is 16.7 Å². The summed E-state index contributed by atoms with van der Waals surface area (Å²) in [5.41, 5.74) is 1.95. The summed E-state index contributed by atoms with van der Waals surface area (Å²) in [4.78, 5) is 16.1. The molecule has 3 heterocycles. The average Bonchev–Trinajstić information content (AvgIpc) is 3.20. The first-order valence-corrected chi connectivity index (χ1v) is 11.3. The van der Waals surface area contributed by atoms with Crippen molar-refractivity contribution in [2.45, 2.75) is 71.9 Å². The smallest absolute Gasteiger partial charge is 0.216 e. The SMILES string of the molecule is CCOC(C)(C)[C@]1(CCc2nccc(OC)n2)CCN(C(C)(C)c2ccc(C)nc2)C1. The molecule has 1 aliphatic rings. The summed E-state index contributed by atoms with van der Waals surface area (Å²) < 4.78 is 11.6. The number of hydrogen-bond donors (Lipinski definition) is 0. The van der Waals surface area contributed by atoms with Gasteiger partial charge in [-0.2, -0.15) is 4.98 Å². The Morgan fingerprint density at radius 3 is 2.55 bits per heavy atom. The van der Waals surface area contributed by atoms with Gasteiger partial charge in [0.05, 0.1) is 12.7 Å². The highest BCUT2D eigenvalue weighted by Gasteiger charge is 2.52. The van der Waals surface area contributed by atoms with E-state index in [1.54, 1.807) is 19.4 Å². The molecule has 0 unspecified atom stereocenters. The van der Waals surface area contributed by atoms with Crippen LogP contribution in [0.1, 0.15) is 64.5 Å². The Morgan fingerprint density at radius 2 is 1.90 bits per heavy atom. The van der Waals surface area contributed by atoms with Crippen LogP contribution in [0, 0.1) is 12.3 Å². The topological polar surface area (TPSA) is 60.4 Å². The van der Waals surface area contributed by atoms with Gasteiger partial charge < -0.3 is 9.47 Å². The Hall–Kier alpha value is -2.05.